The van der Waals surface area contributed by atoms with Crippen molar-refractivity contribution in [3.63, 3.8) is 0 Å². The first-order chi connectivity index (χ1) is 5.90. The molecule has 1 nitrogen and oxygen atoms in total. The van der Waals surface area contributed by atoms with Crippen LogP contribution in [0.3, 0.4) is 0 Å². The normalized spacial score (nSPS) is 29.8. The summed E-state index contributed by atoms with van der Waals surface area (Å²) in [7, 11) is 0. The Labute approximate surface area is 130 Å². The monoisotopic (exact) mass is 251 g/mol. The molecule has 1 aliphatic rings. The van der Waals surface area contributed by atoms with Crippen LogP contribution in [0.4, 0.5) is 12.9 Å². The summed E-state index contributed by atoms with van der Waals surface area (Å²) in [6.07, 6.45) is -0.702. The van der Waals surface area contributed by atoms with E-state index in [1.807, 2.05) is 13.8 Å². The minimum absolute atomic E-state index is 0. The van der Waals surface area contributed by atoms with Gasteiger partial charge in [-0.1, -0.05) is 6.92 Å². The van der Waals surface area contributed by atoms with Crippen molar-refractivity contribution in [2.75, 3.05) is 18.7 Å². The summed E-state index contributed by atoms with van der Waals surface area (Å²) in [5, 5.41) is 0.312. The predicted molar refractivity (Wildman–Crippen MR) is 52.0 cm³/mol. The molecule has 1 aliphatic heterocycles. The molecule has 0 amide bonds. The van der Waals surface area contributed by atoms with Gasteiger partial charge in [-0.15, -0.1) is 0 Å². The fraction of sp³-hybridized carbons (Fsp3) is 1.00. The minimum Gasteiger partial charge on any atom is -0.448 e. The number of nitrogens with zero attached hydrogens (tertiary/aromatic N) is 1. The Balaban J connectivity index is 0.00000169. The van der Waals surface area contributed by atoms with Gasteiger partial charge in [0.2, 0.25) is 0 Å². The zero-order chi connectivity index (χ0) is 10.1. The van der Waals surface area contributed by atoms with Crippen molar-refractivity contribution in [1.29, 1.82) is 0 Å². The van der Waals surface area contributed by atoms with E-state index in [1.165, 1.54) is 0 Å². The molecule has 0 N–H and O–H groups in total. The van der Waals surface area contributed by atoms with Crippen molar-refractivity contribution < 1.29 is 64.3 Å². The molecule has 0 spiro atoms. The second-order valence-corrected chi connectivity index (χ2v) is 5.01. The van der Waals surface area contributed by atoms with Gasteiger partial charge in [-0.2, -0.15) is 11.8 Å². The number of rotatable bonds is 2. The van der Waals surface area contributed by atoms with Crippen LogP contribution in [0.15, 0.2) is 0 Å². The van der Waals surface area contributed by atoms with Crippen LogP contribution in [-0.2, 0) is 0 Å². The Morgan fingerprint density at radius 3 is 2.43 bits per heavy atom. The van der Waals surface area contributed by atoms with Crippen LogP contribution in [0.5, 0.6) is 0 Å². The van der Waals surface area contributed by atoms with E-state index >= 15 is 0 Å². The summed E-state index contributed by atoms with van der Waals surface area (Å²) in [5.41, 5.74) is 0. The third kappa shape index (κ3) is 5.23. The molecule has 0 aliphatic carbocycles. The van der Waals surface area contributed by atoms with Crippen molar-refractivity contribution in [2.45, 2.75) is 25.1 Å². The van der Waals surface area contributed by atoms with Gasteiger partial charge in [0.15, 0.2) is 0 Å². The molecule has 14 heavy (non-hydrogen) atoms. The van der Waals surface area contributed by atoms with Crippen LogP contribution in [0.2, 0.25) is 0 Å². The standard InChI is InChI=1S/C7H14BF3NS.K/c1-6-7(2)13-4-3-12(6)5-8(9,10)11;/h6-7H,3-5H2,1-2H3;/q-1;+1. The first kappa shape index (κ1) is 15.8. The molecule has 78 valence electrons. The fourth-order valence-electron chi connectivity index (χ4n) is 1.52. The zero-order valence-electron chi connectivity index (χ0n) is 8.84. The maximum atomic E-state index is 12.2. The van der Waals surface area contributed by atoms with Gasteiger partial charge in [-0.25, -0.2) is 0 Å². The van der Waals surface area contributed by atoms with Crippen molar-refractivity contribution in [3.8, 4) is 0 Å². The molecule has 2 atom stereocenters. The molecular weight excluding hydrogens is 237 g/mol. The van der Waals surface area contributed by atoms with Crippen molar-refractivity contribution in [3.05, 3.63) is 0 Å². The first-order valence-electron chi connectivity index (χ1n) is 4.47. The maximum Gasteiger partial charge on any atom is 1.00 e. The third-order valence-electron chi connectivity index (χ3n) is 2.46. The van der Waals surface area contributed by atoms with Crippen LogP contribution in [0.1, 0.15) is 13.8 Å². The average Bonchev–Trinajstić information content (AvgIpc) is 1.96. The SMILES string of the molecule is CC1SCCN(C[B-](F)(F)F)C1C.[K+]. The van der Waals surface area contributed by atoms with Gasteiger partial charge in [0, 0.05) is 23.6 Å². The Hall–Kier alpha value is 1.80. The van der Waals surface area contributed by atoms with E-state index in [2.05, 4.69) is 0 Å². The summed E-state index contributed by atoms with van der Waals surface area (Å²) < 4.78 is 36.5. The largest absolute Gasteiger partial charge is 1.00 e. The smallest absolute Gasteiger partial charge is 0.448 e. The van der Waals surface area contributed by atoms with Gasteiger partial charge < -0.3 is 17.8 Å². The number of halogens is 3. The maximum absolute atomic E-state index is 12.2. The number of hydrogen-bond acceptors (Lipinski definition) is 2. The third-order valence-corrected chi connectivity index (χ3v) is 3.79. The molecular formula is C7H14BF3KNS. The van der Waals surface area contributed by atoms with E-state index in [1.54, 1.807) is 16.7 Å². The molecule has 1 heterocycles. The van der Waals surface area contributed by atoms with Crippen molar-refractivity contribution in [1.82, 2.24) is 4.90 Å². The molecule has 2 unspecified atom stereocenters. The molecule has 0 aromatic heterocycles. The van der Waals surface area contributed by atoms with Gasteiger partial charge in [0.25, 0.3) is 0 Å². The van der Waals surface area contributed by atoms with E-state index in [0.29, 0.717) is 11.8 Å². The summed E-state index contributed by atoms with van der Waals surface area (Å²) >= 11 is 1.75. The molecule has 0 radical (unpaired) electrons. The van der Waals surface area contributed by atoms with Crippen molar-refractivity contribution >= 4 is 18.7 Å². The Kier molecular flexibility index (Phi) is 7.35. The van der Waals surface area contributed by atoms with Crippen LogP contribution in [0, 0.1) is 0 Å². The van der Waals surface area contributed by atoms with Gasteiger partial charge in [0.05, 0.1) is 0 Å². The second kappa shape index (κ2) is 6.52. The predicted octanol–water partition coefficient (Wildman–Crippen LogP) is -0.797. The molecule has 1 saturated heterocycles. The fourth-order valence-corrected chi connectivity index (χ4v) is 2.68. The van der Waals surface area contributed by atoms with E-state index in [9.17, 15) is 12.9 Å². The molecule has 0 aromatic rings. The van der Waals surface area contributed by atoms with Gasteiger partial charge in [-0.3, -0.25) is 0 Å². The summed E-state index contributed by atoms with van der Waals surface area (Å²) in [5.74, 6) is 0.817. The average molecular weight is 251 g/mol. The van der Waals surface area contributed by atoms with E-state index in [0.717, 1.165) is 5.75 Å². The Morgan fingerprint density at radius 1 is 1.36 bits per heavy atom. The molecule has 0 saturated carbocycles. The van der Waals surface area contributed by atoms with Gasteiger partial charge in [-0.05, 0) is 13.4 Å². The van der Waals surface area contributed by atoms with Crippen LogP contribution in [0.25, 0.3) is 0 Å². The first-order valence-corrected chi connectivity index (χ1v) is 5.51. The Bertz CT molecular complexity index is 181. The van der Waals surface area contributed by atoms with E-state index in [-0.39, 0.29) is 57.4 Å². The summed E-state index contributed by atoms with van der Waals surface area (Å²) in [4.78, 5) is 1.54. The van der Waals surface area contributed by atoms with Gasteiger partial charge >= 0.3 is 58.4 Å². The Morgan fingerprint density at radius 2 is 1.93 bits per heavy atom. The van der Waals surface area contributed by atoms with Gasteiger partial charge in [0.1, 0.15) is 0 Å². The van der Waals surface area contributed by atoms with Crippen molar-refractivity contribution in [2.24, 2.45) is 0 Å². The van der Waals surface area contributed by atoms with Crippen LogP contribution >= 0.6 is 11.8 Å². The quantitative estimate of drug-likeness (QED) is 0.591. The van der Waals surface area contributed by atoms with E-state index < -0.39 is 13.4 Å². The second-order valence-electron chi connectivity index (χ2n) is 3.52. The summed E-state index contributed by atoms with van der Waals surface area (Å²) in [6, 6.07) is 0.0437. The molecule has 0 aromatic carbocycles. The molecule has 1 rings (SSSR count). The number of hydrogen-bond donors (Lipinski definition) is 0. The zero-order valence-corrected chi connectivity index (χ0v) is 12.8. The molecule has 7 heteroatoms. The van der Waals surface area contributed by atoms with Crippen LogP contribution < -0.4 is 51.4 Å². The number of thioether (sulfide) groups is 1. The molecule has 0 bridgehead atoms. The van der Waals surface area contributed by atoms with E-state index in [4.69, 9.17) is 0 Å². The summed E-state index contributed by atoms with van der Waals surface area (Å²) in [6.45, 7) is -0.231. The molecule has 1 fully saturated rings. The topological polar surface area (TPSA) is 3.24 Å². The van der Waals surface area contributed by atoms with Crippen LogP contribution in [-0.4, -0.2) is 41.9 Å². The minimum atomic E-state index is -4.66.